The van der Waals surface area contributed by atoms with Gasteiger partial charge < -0.3 is 4.90 Å². The molecule has 1 aliphatic rings. The normalized spacial score (nSPS) is 16.6. The van der Waals surface area contributed by atoms with Crippen molar-refractivity contribution < 1.29 is 4.84 Å². The molecule has 0 radical (unpaired) electrons. The van der Waals surface area contributed by atoms with Gasteiger partial charge in [-0.1, -0.05) is 28.1 Å². The van der Waals surface area contributed by atoms with E-state index in [1.165, 1.54) is 0 Å². The van der Waals surface area contributed by atoms with Gasteiger partial charge in [-0.15, -0.1) is 0 Å². The molecule has 1 aromatic carbocycles. The molecular formula is C18H20BrN5O. The lowest BCUT2D eigenvalue weighted by Gasteiger charge is -2.31. The van der Waals surface area contributed by atoms with E-state index in [0.29, 0.717) is 6.73 Å². The van der Waals surface area contributed by atoms with Gasteiger partial charge in [0.15, 0.2) is 5.65 Å². The highest BCUT2D eigenvalue weighted by atomic mass is 79.9. The van der Waals surface area contributed by atoms with E-state index in [9.17, 15) is 0 Å². The molecule has 6 nitrogen and oxygen atoms in total. The van der Waals surface area contributed by atoms with Crippen LogP contribution in [0.4, 0.5) is 0 Å². The van der Waals surface area contributed by atoms with Crippen molar-refractivity contribution in [3.63, 3.8) is 0 Å². The number of imidazole rings is 1. The quantitative estimate of drug-likeness (QED) is 0.672. The fourth-order valence-corrected chi connectivity index (χ4v) is 3.38. The maximum Gasteiger partial charge on any atom is 0.162 e. The molecule has 0 atom stereocenters. The minimum Gasteiger partial charge on any atom is -0.304 e. The molecule has 4 rings (SSSR count). The molecule has 1 aliphatic heterocycles. The van der Waals surface area contributed by atoms with Crippen LogP contribution in [-0.4, -0.2) is 57.7 Å². The Bertz CT molecular complexity index is 873. The summed E-state index contributed by atoms with van der Waals surface area (Å²) in [5, 5.41) is 2.03. The number of hydrogen-bond acceptors (Lipinski definition) is 5. The van der Waals surface area contributed by atoms with Crippen LogP contribution in [0.1, 0.15) is 0 Å². The average Bonchev–Trinajstić information content (AvgIpc) is 3.00. The first-order chi connectivity index (χ1) is 12.2. The van der Waals surface area contributed by atoms with Crippen LogP contribution in [-0.2, 0) is 11.6 Å². The van der Waals surface area contributed by atoms with Crippen molar-refractivity contribution in [1.29, 1.82) is 0 Å². The van der Waals surface area contributed by atoms with Crippen molar-refractivity contribution in [3.8, 4) is 11.4 Å². The van der Waals surface area contributed by atoms with Crippen LogP contribution in [0.2, 0.25) is 0 Å². The van der Waals surface area contributed by atoms with E-state index < -0.39 is 0 Å². The first-order valence-electron chi connectivity index (χ1n) is 8.34. The number of fused-ring (bicyclic) bond motifs is 1. The van der Waals surface area contributed by atoms with E-state index in [1.807, 2.05) is 33.9 Å². The van der Waals surface area contributed by atoms with Crippen LogP contribution in [0.5, 0.6) is 0 Å². The Labute approximate surface area is 155 Å². The molecule has 0 N–H and O–H groups in total. The highest BCUT2D eigenvalue weighted by Crippen LogP contribution is 2.26. The second-order valence-electron chi connectivity index (χ2n) is 6.21. The minimum absolute atomic E-state index is 0.402. The number of aromatic nitrogens is 3. The molecule has 0 aliphatic carbocycles. The zero-order chi connectivity index (χ0) is 17.2. The molecule has 7 heteroatoms. The Morgan fingerprint density at radius 1 is 1.12 bits per heavy atom. The van der Waals surface area contributed by atoms with Crippen LogP contribution in [0.15, 0.2) is 47.1 Å². The lowest BCUT2D eigenvalue weighted by atomic mass is 10.2. The number of hydrogen-bond donors (Lipinski definition) is 0. The summed E-state index contributed by atoms with van der Waals surface area (Å²) >= 11 is 3.54. The molecule has 0 unspecified atom stereocenters. The first kappa shape index (κ1) is 16.7. The molecule has 130 valence electrons. The molecule has 0 spiro atoms. The lowest BCUT2D eigenvalue weighted by Crippen LogP contribution is -2.44. The van der Waals surface area contributed by atoms with Crippen molar-refractivity contribution in [2.45, 2.75) is 6.73 Å². The Hall–Kier alpha value is -1.80. The van der Waals surface area contributed by atoms with Gasteiger partial charge in [-0.2, -0.15) is 5.06 Å². The van der Waals surface area contributed by atoms with Crippen LogP contribution < -0.4 is 0 Å². The summed E-state index contributed by atoms with van der Waals surface area (Å²) in [6.45, 7) is 4.24. The Balaban J connectivity index is 1.65. The Morgan fingerprint density at radius 3 is 2.76 bits per heavy atom. The second kappa shape index (κ2) is 7.21. The Kier molecular flexibility index (Phi) is 4.80. The number of pyridine rings is 1. The van der Waals surface area contributed by atoms with E-state index in [-0.39, 0.29) is 0 Å². The highest BCUT2D eigenvalue weighted by Gasteiger charge is 2.17. The zero-order valence-electron chi connectivity index (χ0n) is 14.1. The zero-order valence-corrected chi connectivity index (χ0v) is 15.7. The average molecular weight is 402 g/mol. The van der Waals surface area contributed by atoms with Gasteiger partial charge in [0.2, 0.25) is 0 Å². The number of likely N-dealkylation sites (N-methyl/N-ethyl adjacent to an activating group) is 1. The van der Waals surface area contributed by atoms with Gasteiger partial charge in [0.1, 0.15) is 18.1 Å². The second-order valence-corrected chi connectivity index (χ2v) is 7.13. The molecule has 0 amide bonds. The topological polar surface area (TPSA) is 46.4 Å². The summed E-state index contributed by atoms with van der Waals surface area (Å²) in [5.41, 5.74) is 2.75. The van der Waals surface area contributed by atoms with Crippen molar-refractivity contribution in [2.24, 2.45) is 0 Å². The van der Waals surface area contributed by atoms with Crippen LogP contribution in [0, 0.1) is 0 Å². The van der Waals surface area contributed by atoms with Crippen LogP contribution in [0.3, 0.4) is 0 Å². The number of hydroxylamine groups is 2. The minimum atomic E-state index is 0.402. The number of nitrogens with zero attached hydrogens (tertiary/aromatic N) is 5. The van der Waals surface area contributed by atoms with Crippen molar-refractivity contribution in [2.75, 3.05) is 33.2 Å². The number of rotatable bonds is 4. The summed E-state index contributed by atoms with van der Waals surface area (Å²) in [7, 11) is 2.13. The predicted molar refractivity (Wildman–Crippen MR) is 101 cm³/mol. The summed E-state index contributed by atoms with van der Waals surface area (Å²) in [4.78, 5) is 17.6. The number of piperazine rings is 1. The van der Waals surface area contributed by atoms with Crippen LogP contribution >= 0.6 is 15.9 Å². The smallest absolute Gasteiger partial charge is 0.162 e. The molecule has 1 fully saturated rings. The monoisotopic (exact) mass is 401 g/mol. The molecule has 1 saturated heterocycles. The van der Waals surface area contributed by atoms with Crippen LogP contribution in [0.25, 0.3) is 22.6 Å². The fourth-order valence-electron chi connectivity index (χ4n) is 2.99. The first-order valence-corrected chi connectivity index (χ1v) is 9.13. The summed E-state index contributed by atoms with van der Waals surface area (Å²) in [6.07, 6.45) is 1.79. The van der Waals surface area contributed by atoms with E-state index >= 15 is 0 Å². The Morgan fingerprint density at radius 2 is 1.96 bits per heavy atom. The van der Waals surface area contributed by atoms with E-state index in [0.717, 1.165) is 53.2 Å². The van der Waals surface area contributed by atoms with Crippen molar-refractivity contribution in [3.05, 3.63) is 47.1 Å². The third-order valence-corrected chi connectivity index (χ3v) is 4.91. The van der Waals surface area contributed by atoms with E-state index in [1.54, 1.807) is 6.20 Å². The number of benzene rings is 1. The summed E-state index contributed by atoms with van der Waals surface area (Å²) in [6, 6.07) is 12.0. The third-order valence-electron chi connectivity index (χ3n) is 4.42. The van der Waals surface area contributed by atoms with E-state index in [2.05, 4.69) is 45.0 Å². The lowest BCUT2D eigenvalue weighted by molar-refractivity contribution is -0.199. The van der Waals surface area contributed by atoms with Crippen molar-refractivity contribution >= 4 is 27.1 Å². The highest BCUT2D eigenvalue weighted by molar-refractivity contribution is 9.10. The number of halogens is 1. The molecule has 25 heavy (non-hydrogen) atoms. The molecule has 0 bridgehead atoms. The maximum absolute atomic E-state index is 6.05. The van der Waals surface area contributed by atoms with Gasteiger partial charge in [-0.3, -0.25) is 9.40 Å². The van der Waals surface area contributed by atoms with Gasteiger partial charge in [0.05, 0.1) is 0 Å². The molecule has 3 heterocycles. The maximum atomic E-state index is 6.05. The molecule has 2 aromatic heterocycles. The summed E-state index contributed by atoms with van der Waals surface area (Å²) < 4.78 is 3.06. The fraction of sp³-hybridized carbons (Fsp3) is 0.333. The van der Waals surface area contributed by atoms with Gasteiger partial charge >= 0.3 is 0 Å². The molecule has 0 saturated carbocycles. The van der Waals surface area contributed by atoms with Gasteiger partial charge in [-0.05, 0) is 31.3 Å². The SMILES string of the molecule is CN1CCN(OCn2c(-c3cccc(Br)c3)nc3cccnc32)CC1. The van der Waals surface area contributed by atoms with Crippen molar-refractivity contribution in [1.82, 2.24) is 24.5 Å². The molecular weight excluding hydrogens is 382 g/mol. The molecule has 3 aromatic rings. The van der Waals surface area contributed by atoms with Gasteiger partial charge in [-0.25, -0.2) is 9.97 Å². The van der Waals surface area contributed by atoms with E-state index in [4.69, 9.17) is 9.82 Å². The van der Waals surface area contributed by atoms with Gasteiger partial charge in [0.25, 0.3) is 0 Å². The largest absolute Gasteiger partial charge is 0.304 e. The standard InChI is InChI=1S/C18H20BrN5O/c1-22-8-10-23(11-9-22)25-13-24-17(14-4-2-5-15(19)12-14)21-16-6-3-7-20-18(16)24/h2-7,12H,8-11,13H2,1H3. The third kappa shape index (κ3) is 3.59. The summed E-state index contributed by atoms with van der Waals surface area (Å²) in [5.74, 6) is 0.865. The predicted octanol–water partition coefficient (Wildman–Crippen LogP) is 3.00. The van der Waals surface area contributed by atoms with Gasteiger partial charge in [0, 0.05) is 42.4 Å².